The summed E-state index contributed by atoms with van der Waals surface area (Å²) in [5.41, 5.74) is 1.98. The highest BCUT2D eigenvalue weighted by atomic mass is 32.1. The van der Waals surface area contributed by atoms with Gasteiger partial charge in [-0.2, -0.15) is 0 Å². The van der Waals surface area contributed by atoms with Crippen molar-refractivity contribution >= 4 is 17.2 Å². The van der Waals surface area contributed by atoms with Crippen molar-refractivity contribution in [2.45, 2.75) is 38.6 Å². The van der Waals surface area contributed by atoms with Gasteiger partial charge in [0.2, 0.25) is 5.91 Å². The molecule has 1 N–H and O–H groups in total. The highest BCUT2D eigenvalue weighted by Gasteiger charge is 2.24. The van der Waals surface area contributed by atoms with Crippen LogP contribution in [0.15, 0.2) is 22.1 Å². The second kappa shape index (κ2) is 5.17. The zero-order valence-corrected chi connectivity index (χ0v) is 11.6. The fraction of sp³-hybridized carbons (Fsp3) is 0.429. The minimum Gasteiger partial charge on any atom is -0.469 e. The molecule has 0 fully saturated rings. The summed E-state index contributed by atoms with van der Waals surface area (Å²) in [6, 6.07) is 2.06. The molecule has 1 aliphatic rings. The molecular formula is C14H16N2O2S. The molecule has 5 heteroatoms. The van der Waals surface area contributed by atoms with E-state index in [0.29, 0.717) is 6.42 Å². The Kier molecular flexibility index (Phi) is 3.38. The molecule has 4 nitrogen and oxygen atoms in total. The molecule has 19 heavy (non-hydrogen) atoms. The van der Waals surface area contributed by atoms with Crippen molar-refractivity contribution < 1.29 is 9.21 Å². The van der Waals surface area contributed by atoms with E-state index < -0.39 is 0 Å². The lowest BCUT2D eigenvalue weighted by atomic mass is 9.93. The third-order valence-corrected chi connectivity index (χ3v) is 4.22. The van der Waals surface area contributed by atoms with Gasteiger partial charge in [0.25, 0.3) is 0 Å². The van der Waals surface area contributed by atoms with Crippen LogP contribution in [-0.2, 0) is 17.6 Å². The maximum atomic E-state index is 12.0. The molecule has 0 aromatic carbocycles. The number of aryl methyl sites for hydroxylation is 2. The Bertz CT molecular complexity index is 588. The van der Waals surface area contributed by atoms with Gasteiger partial charge < -0.3 is 9.73 Å². The van der Waals surface area contributed by atoms with Crippen molar-refractivity contribution in [1.82, 2.24) is 10.3 Å². The summed E-state index contributed by atoms with van der Waals surface area (Å²) in [6.07, 6.45) is 5.07. The molecule has 0 aliphatic heterocycles. The number of aromatic nitrogens is 1. The highest BCUT2D eigenvalue weighted by molar-refractivity contribution is 7.09. The van der Waals surface area contributed by atoms with Crippen LogP contribution >= 0.6 is 11.3 Å². The normalized spacial score (nSPS) is 18.1. The predicted molar refractivity (Wildman–Crippen MR) is 73.1 cm³/mol. The van der Waals surface area contributed by atoms with Crippen LogP contribution in [0, 0.1) is 6.92 Å². The van der Waals surface area contributed by atoms with Crippen molar-refractivity contribution in [3.63, 3.8) is 0 Å². The van der Waals surface area contributed by atoms with E-state index in [1.807, 2.05) is 18.4 Å². The van der Waals surface area contributed by atoms with E-state index in [1.54, 1.807) is 17.6 Å². The van der Waals surface area contributed by atoms with Crippen molar-refractivity contribution in [3.8, 4) is 0 Å². The molecule has 0 unspecified atom stereocenters. The van der Waals surface area contributed by atoms with Gasteiger partial charge in [0.1, 0.15) is 5.76 Å². The standard InChI is InChI=1S/C14H16N2O2S/c1-9-15-10(8-19-9)7-14(17)16-12-3-2-4-13-11(12)5-6-18-13/h5-6,8,12H,2-4,7H2,1H3,(H,16,17)/t12-/m0/s1. The molecule has 3 rings (SSSR count). The molecule has 1 atom stereocenters. The van der Waals surface area contributed by atoms with E-state index in [2.05, 4.69) is 10.3 Å². The van der Waals surface area contributed by atoms with E-state index in [1.165, 1.54) is 0 Å². The largest absolute Gasteiger partial charge is 0.469 e. The van der Waals surface area contributed by atoms with Crippen LogP contribution in [0.4, 0.5) is 0 Å². The molecule has 0 saturated heterocycles. The van der Waals surface area contributed by atoms with Gasteiger partial charge in [-0.1, -0.05) is 0 Å². The first-order valence-electron chi connectivity index (χ1n) is 6.49. The van der Waals surface area contributed by atoms with E-state index in [0.717, 1.165) is 41.3 Å². The predicted octanol–water partition coefficient (Wildman–Crippen LogP) is 2.78. The molecule has 1 amide bonds. The minimum atomic E-state index is 0.0318. The molecule has 100 valence electrons. The number of rotatable bonds is 3. The van der Waals surface area contributed by atoms with Gasteiger partial charge in [-0.05, 0) is 25.8 Å². The average molecular weight is 276 g/mol. The summed E-state index contributed by atoms with van der Waals surface area (Å²) in [7, 11) is 0. The quantitative estimate of drug-likeness (QED) is 0.938. The van der Waals surface area contributed by atoms with Crippen LogP contribution in [0.2, 0.25) is 0 Å². The molecule has 2 aromatic rings. The zero-order chi connectivity index (χ0) is 13.2. The summed E-state index contributed by atoms with van der Waals surface area (Å²) >= 11 is 1.58. The molecule has 2 aromatic heterocycles. The summed E-state index contributed by atoms with van der Waals surface area (Å²) in [6.45, 7) is 1.95. The Morgan fingerprint density at radius 2 is 2.53 bits per heavy atom. The monoisotopic (exact) mass is 276 g/mol. The molecule has 0 radical (unpaired) electrons. The van der Waals surface area contributed by atoms with Crippen LogP contribution in [0.1, 0.15) is 40.9 Å². The fourth-order valence-corrected chi connectivity index (χ4v) is 3.15. The number of amides is 1. The van der Waals surface area contributed by atoms with Gasteiger partial charge in [-0.3, -0.25) is 4.79 Å². The molecule has 1 aliphatic carbocycles. The van der Waals surface area contributed by atoms with E-state index in [9.17, 15) is 4.79 Å². The molecule has 2 heterocycles. The number of carbonyl (C=O) groups excluding carboxylic acids is 1. The number of carbonyl (C=O) groups is 1. The number of hydrogen-bond donors (Lipinski definition) is 1. The Hall–Kier alpha value is -1.62. The molecule has 0 saturated carbocycles. The first-order valence-corrected chi connectivity index (χ1v) is 7.37. The Labute approximate surface area is 115 Å². The first-order chi connectivity index (χ1) is 9.22. The Morgan fingerprint density at radius 1 is 1.63 bits per heavy atom. The smallest absolute Gasteiger partial charge is 0.226 e. The Balaban J connectivity index is 1.65. The lowest BCUT2D eigenvalue weighted by molar-refractivity contribution is -0.121. The maximum Gasteiger partial charge on any atom is 0.226 e. The van der Waals surface area contributed by atoms with Crippen LogP contribution in [0.3, 0.4) is 0 Å². The average Bonchev–Trinajstić information content (AvgIpc) is 2.98. The lowest BCUT2D eigenvalue weighted by Crippen LogP contribution is -2.31. The Morgan fingerprint density at radius 3 is 3.32 bits per heavy atom. The van der Waals surface area contributed by atoms with Crippen LogP contribution in [0.25, 0.3) is 0 Å². The third-order valence-electron chi connectivity index (χ3n) is 3.40. The number of furan rings is 1. The van der Waals surface area contributed by atoms with E-state index in [-0.39, 0.29) is 11.9 Å². The zero-order valence-electron chi connectivity index (χ0n) is 10.8. The lowest BCUT2D eigenvalue weighted by Gasteiger charge is -2.22. The summed E-state index contributed by atoms with van der Waals surface area (Å²) in [5, 5.41) is 6.03. The van der Waals surface area contributed by atoms with Gasteiger partial charge in [0.05, 0.1) is 29.4 Å². The van der Waals surface area contributed by atoms with Crippen molar-refractivity contribution in [2.24, 2.45) is 0 Å². The van der Waals surface area contributed by atoms with E-state index in [4.69, 9.17) is 4.42 Å². The van der Waals surface area contributed by atoms with Gasteiger partial charge in [0, 0.05) is 17.4 Å². The van der Waals surface area contributed by atoms with E-state index >= 15 is 0 Å². The summed E-state index contributed by atoms with van der Waals surface area (Å²) < 4.78 is 5.43. The topological polar surface area (TPSA) is 55.1 Å². The van der Waals surface area contributed by atoms with Crippen LogP contribution in [-0.4, -0.2) is 10.9 Å². The van der Waals surface area contributed by atoms with Crippen molar-refractivity contribution in [1.29, 1.82) is 0 Å². The van der Waals surface area contributed by atoms with Crippen molar-refractivity contribution in [2.75, 3.05) is 0 Å². The summed E-state index contributed by atoms with van der Waals surface area (Å²) in [4.78, 5) is 16.4. The third kappa shape index (κ3) is 2.71. The van der Waals surface area contributed by atoms with Gasteiger partial charge in [-0.15, -0.1) is 11.3 Å². The number of thiazole rings is 1. The summed E-state index contributed by atoms with van der Waals surface area (Å²) in [5.74, 6) is 1.05. The second-order valence-corrected chi connectivity index (χ2v) is 5.91. The number of nitrogens with zero attached hydrogens (tertiary/aromatic N) is 1. The molecular weight excluding hydrogens is 260 g/mol. The van der Waals surface area contributed by atoms with Gasteiger partial charge >= 0.3 is 0 Å². The minimum absolute atomic E-state index is 0.0318. The second-order valence-electron chi connectivity index (χ2n) is 4.85. The number of hydrogen-bond acceptors (Lipinski definition) is 4. The highest BCUT2D eigenvalue weighted by Crippen LogP contribution is 2.30. The van der Waals surface area contributed by atoms with Gasteiger partial charge in [-0.25, -0.2) is 4.98 Å². The number of nitrogens with one attached hydrogen (secondary N) is 1. The molecule has 0 spiro atoms. The van der Waals surface area contributed by atoms with Crippen LogP contribution < -0.4 is 5.32 Å². The molecule has 0 bridgehead atoms. The maximum absolute atomic E-state index is 12.0. The van der Waals surface area contributed by atoms with Crippen molar-refractivity contribution in [3.05, 3.63) is 39.7 Å². The van der Waals surface area contributed by atoms with Gasteiger partial charge in [0.15, 0.2) is 0 Å². The van der Waals surface area contributed by atoms with Crippen LogP contribution in [0.5, 0.6) is 0 Å². The fourth-order valence-electron chi connectivity index (χ4n) is 2.54. The SMILES string of the molecule is Cc1nc(CC(=O)N[C@H]2CCCc3occc32)cs1. The number of fused-ring (bicyclic) bond motifs is 1. The first kappa shape index (κ1) is 12.4.